The van der Waals surface area contributed by atoms with E-state index in [0.717, 1.165) is 11.3 Å². The Morgan fingerprint density at radius 2 is 1.93 bits per heavy atom. The molecule has 3 nitrogen and oxygen atoms in total. The van der Waals surface area contributed by atoms with E-state index in [1.807, 2.05) is 44.2 Å². The highest BCUT2D eigenvalue weighted by Crippen LogP contribution is 2.20. The molecule has 0 aliphatic rings. The van der Waals surface area contributed by atoms with Gasteiger partial charge in [-0.15, -0.1) is 0 Å². The summed E-state index contributed by atoms with van der Waals surface area (Å²) in [6, 6.07) is 10.9. The van der Waals surface area contributed by atoms with Crippen molar-refractivity contribution in [2.24, 2.45) is 0 Å². The maximum absolute atomic E-state index is 5.31. The summed E-state index contributed by atoms with van der Waals surface area (Å²) in [6.07, 6.45) is 1.67. The fraction of sp³-hybridized carbons (Fsp3) is 0.250. The fourth-order valence-electron chi connectivity index (χ4n) is 1.33. The predicted molar refractivity (Wildman–Crippen MR) is 60.7 cm³/mol. The van der Waals surface area contributed by atoms with Crippen molar-refractivity contribution in [1.29, 1.82) is 0 Å². The largest absolute Gasteiger partial charge is 0.432 e. The lowest BCUT2D eigenvalue weighted by Gasteiger charge is -2.02. The Kier molecular flexibility index (Phi) is 2.72. The first-order valence-electron chi connectivity index (χ1n) is 5.03. The number of rotatable bonds is 3. The van der Waals surface area contributed by atoms with Crippen LogP contribution in [0.3, 0.4) is 0 Å². The van der Waals surface area contributed by atoms with Crippen LogP contribution in [0.25, 0.3) is 11.3 Å². The van der Waals surface area contributed by atoms with E-state index in [0.29, 0.717) is 12.1 Å². The predicted octanol–water partition coefficient (Wildman–Crippen LogP) is 3.16. The van der Waals surface area contributed by atoms with Crippen LogP contribution in [-0.4, -0.2) is 11.0 Å². The molecule has 15 heavy (non-hydrogen) atoms. The molecule has 78 valence electrons. The second kappa shape index (κ2) is 4.17. The fourth-order valence-corrected chi connectivity index (χ4v) is 1.33. The van der Waals surface area contributed by atoms with Crippen LogP contribution in [0.5, 0.6) is 0 Å². The maximum Gasteiger partial charge on any atom is 0.295 e. The molecule has 0 spiro atoms. The summed E-state index contributed by atoms with van der Waals surface area (Å²) in [5, 5.41) is 3.12. The molecule has 1 heterocycles. The molecule has 0 atom stereocenters. The molecule has 2 rings (SSSR count). The highest BCUT2D eigenvalue weighted by Gasteiger charge is 2.05. The third-order valence-corrected chi connectivity index (χ3v) is 1.99. The van der Waals surface area contributed by atoms with Gasteiger partial charge in [0.05, 0.1) is 0 Å². The lowest BCUT2D eigenvalue weighted by Crippen LogP contribution is -2.09. The van der Waals surface area contributed by atoms with Crippen LogP contribution in [0, 0.1) is 0 Å². The number of hydrogen-bond acceptors (Lipinski definition) is 3. The van der Waals surface area contributed by atoms with Gasteiger partial charge in [0.1, 0.15) is 12.0 Å². The van der Waals surface area contributed by atoms with Crippen molar-refractivity contribution in [3.8, 4) is 11.3 Å². The Labute approximate surface area is 89.1 Å². The smallest absolute Gasteiger partial charge is 0.295 e. The molecular formula is C12H14N2O. The summed E-state index contributed by atoms with van der Waals surface area (Å²) < 4.78 is 5.31. The van der Waals surface area contributed by atoms with E-state index >= 15 is 0 Å². The first-order chi connectivity index (χ1) is 7.25. The van der Waals surface area contributed by atoms with Gasteiger partial charge in [-0.3, -0.25) is 0 Å². The highest BCUT2D eigenvalue weighted by atomic mass is 16.4. The number of oxazole rings is 1. The minimum absolute atomic E-state index is 0.326. The minimum atomic E-state index is 0.326. The average molecular weight is 202 g/mol. The number of benzene rings is 1. The molecule has 0 fully saturated rings. The number of nitrogens with zero attached hydrogens (tertiary/aromatic N) is 1. The molecule has 2 aromatic rings. The molecule has 0 saturated carbocycles. The second-order valence-electron chi connectivity index (χ2n) is 3.70. The third-order valence-electron chi connectivity index (χ3n) is 1.99. The molecule has 0 aliphatic carbocycles. The molecule has 1 N–H and O–H groups in total. The standard InChI is InChI=1S/C12H14N2O/c1-9(2)13-12-14-11(8-15-12)10-6-4-3-5-7-10/h3-9H,1-2H3,(H,13,14). The lowest BCUT2D eigenvalue weighted by molar-refractivity contribution is 0.565. The van der Waals surface area contributed by atoms with E-state index in [-0.39, 0.29) is 0 Å². The topological polar surface area (TPSA) is 38.1 Å². The Bertz CT molecular complexity index is 420. The van der Waals surface area contributed by atoms with Crippen LogP contribution in [0.4, 0.5) is 6.01 Å². The lowest BCUT2D eigenvalue weighted by atomic mass is 10.2. The van der Waals surface area contributed by atoms with Crippen LogP contribution in [0.1, 0.15) is 13.8 Å². The first kappa shape index (κ1) is 9.77. The summed E-state index contributed by atoms with van der Waals surface area (Å²) in [4.78, 5) is 4.34. The van der Waals surface area contributed by atoms with Crippen LogP contribution in [0.2, 0.25) is 0 Å². The first-order valence-corrected chi connectivity index (χ1v) is 5.03. The van der Waals surface area contributed by atoms with Crippen LogP contribution in [0.15, 0.2) is 41.0 Å². The van der Waals surface area contributed by atoms with Gasteiger partial charge in [-0.05, 0) is 13.8 Å². The highest BCUT2D eigenvalue weighted by molar-refractivity contribution is 5.58. The molecule has 3 heteroatoms. The Balaban J connectivity index is 2.21. The molecule has 1 aromatic carbocycles. The molecular weight excluding hydrogens is 188 g/mol. The zero-order chi connectivity index (χ0) is 10.7. The molecule has 0 bridgehead atoms. The Hall–Kier alpha value is -1.77. The monoisotopic (exact) mass is 202 g/mol. The summed E-state index contributed by atoms with van der Waals surface area (Å²) in [5.74, 6) is 0. The van der Waals surface area contributed by atoms with Crippen LogP contribution in [-0.2, 0) is 0 Å². The van der Waals surface area contributed by atoms with E-state index < -0.39 is 0 Å². The molecule has 1 aromatic heterocycles. The van der Waals surface area contributed by atoms with E-state index in [4.69, 9.17) is 4.42 Å². The zero-order valence-corrected chi connectivity index (χ0v) is 8.90. The number of aromatic nitrogens is 1. The maximum atomic E-state index is 5.31. The van der Waals surface area contributed by atoms with Gasteiger partial charge in [0, 0.05) is 11.6 Å². The van der Waals surface area contributed by atoms with E-state index in [1.165, 1.54) is 0 Å². The van der Waals surface area contributed by atoms with Crippen molar-refractivity contribution in [3.63, 3.8) is 0 Å². The average Bonchev–Trinajstić information content (AvgIpc) is 2.67. The van der Waals surface area contributed by atoms with Gasteiger partial charge in [-0.1, -0.05) is 30.3 Å². The molecule has 0 aliphatic heterocycles. The number of anilines is 1. The Morgan fingerprint density at radius 1 is 1.20 bits per heavy atom. The molecule has 0 radical (unpaired) electrons. The quantitative estimate of drug-likeness (QED) is 0.830. The van der Waals surface area contributed by atoms with Crippen molar-refractivity contribution in [1.82, 2.24) is 4.98 Å². The van der Waals surface area contributed by atoms with Crippen molar-refractivity contribution in [2.75, 3.05) is 5.32 Å². The van der Waals surface area contributed by atoms with Crippen LogP contribution >= 0.6 is 0 Å². The summed E-state index contributed by atoms with van der Waals surface area (Å²) in [6.45, 7) is 4.10. The Morgan fingerprint density at radius 3 is 2.60 bits per heavy atom. The SMILES string of the molecule is CC(C)Nc1nc(-c2ccccc2)co1. The van der Waals surface area contributed by atoms with Gasteiger partial charge in [-0.25, -0.2) is 0 Å². The van der Waals surface area contributed by atoms with Gasteiger partial charge in [0.2, 0.25) is 0 Å². The van der Waals surface area contributed by atoms with Crippen molar-refractivity contribution >= 4 is 6.01 Å². The van der Waals surface area contributed by atoms with Gasteiger partial charge >= 0.3 is 0 Å². The van der Waals surface area contributed by atoms with Gasteiger partial charge < -0.3 is 9.73 Å². The van der Waals surface area contributed by atoms with Gasteiger partial charge in [-0.2, -0.15) is 4.98 Å². The van der Waals surface area contributed by atoms with E-state index in [2.05, 4.69) is 10.3 Å². The minimum Gasteiger partial charge on any atom is -0.432 e. The van der Waals surface area contributed by atoms with Crippen molar-refractivity contribution < 1.29 is 4.42 Å². The summed E-state index contributed by atoms with van der Waals surface area (Å²) in [5.41, 5.74) is 1.93. The molecule has 0 saturated heterocycles. The normalized spacial score (nSPS) is 10.6. The van der Waals surface area contributed by atoms with Crippen molar-refractivity contribution in [3.05, 3.63) is 36.6 Å². The third kappa shape index (κ3) is 2.37. The number of nitrogens with one attached hydrogen (secondary N) is 1. The van der Waals surface area contributed by atoms with E-state index in [1.54, 1.807) is 6.26 Å². The summed E-state index contributed by atoms with van der Waals surface area (Å²) in [7, 11) is 0. The number of hydrogen-bond donors (Lipinski definition) is 1. The van der Waals surface area contributed by atoms with Gasteiger partial charge in [0.25, 0.3) is 6.01 Å². The molecule has 0 unspecified atom stereocenters. The van der Waals surface area contributed by atoms with E-state index in [9.17, 15) is 0 Å². The summed E-state index contributed by atoms with van der Waals surface area (Å²) >= 11 is 0. The zero-order valence-electron chi connectivity index (χ0n) is 8.90. The second-order valence-corrected chi connectivity index (χ2v) is 3.70. The van der Waals surface area contributed by atoms with Crippen molar-refractivity contribution in [2.45, 2.75) is 19.9 Å². The molecule has 0 amide bonds. The van der Waals surface area contributed by atoms with Crippen LogP contribution < -0.4 is 5.32 Å². The van der Waals surface area contributed by atoms with Gasteiger partial charge in [0.15, 0.2) is 0 Å².